The summed E-state index contributed by atoms with van der Waals surface area (Å²) < 4.78 is 11.5. The average molecular weight is 381 g/mol. The predicted octanol–water partition coefficient (Wildman–Crippen LogP) is 6.66. The second kappa shape index (κ2) is 7.70. The molecule has 1 aliphatic heterocycles. The maximum atomic E-state index is 5.73. The third-order valence-electron chi connectivity index (χ3n) is 5.29. The van der Waals surface area contributed by atoms with Gasteiger partial charge in [0.25, 0.3) is 0 Å². The molecular weight excluding hydrogens is 358 g/mol. The average Bonchev–Trinajstić information content (AvgIpc) is 3.30. The van der Waals surface area contributed by atoms with Gasteiger partial charge >= 0.3 is 0 Å². The lowest BCUT2D eigenvalue weighted by molar-refractivity contribution is -0.0440. The van der Waals surface area contributed by atoms with Gasteiger partial charge < -0.3 is 14.4 Å². The van der Waals surface area contributed by atoms with Crippen LogP contribution in [0.4, 0.5) is 17.1 Å². The van der Waals surface area contributed by atoms with Gasteiger partial charge in [-0.25, -0.2) is 0 Å². The van der Waals surface area contributed by atoms with Crippen molar-refractivity contribution >= 4 is 27.8 Å². The zero-order valence-corrected chi connectivity index (χ0v) is 16.4. The third kappa shape index (κ3) is 3.51. The summed E-state index contributed by atoms with van der Waals surface area (Å²) in [6, 6.07) is 32.0. The van der Waals surface area contributed by atoms with Gasteiger partial charge in [0.15, 0.2) is 6.29 Å². The van der Waals surface area contributed by atoms with Crippen LogP contribution < -0.4 is 4.90 Å². The van der Waals surface area contributed by atoms with Crippen molar-refractivity contribution in [1.82, 2.24) is 0 Å². The van der Waals surface area contributed by atoms with Gasteiger partial charge in [-0.1, -0.05) is 60.7 Å². The van der Waals surface area contributed by atoms with Gasteiger partial charge in [0.05, 0.1) is 18.9 Å². The maximum absolute atomic E-state index is 5.73. The molecule has 0 amide bonds. The van der Waals surface area contributed by atoms with Crippen molar-refractivity contribution in [3.05, 3.63) is 102 Å². The SMILES string of the molecule is Cc1cccc(N(c2cccc(C3OCCO3)c2)c2cccc3ccccc23)c1. The van der Waals surface area contributed by atoms with Gasteiger partial charge in [0.1, 0.15) is 0 Å². The molecule has 144 valence electrons. The Kier molecular flexibility index (Phi) is 4.76. The van der Waals surface area contributed by atoms with Crippen LogP contribution in [0.15, 0.2) is 91.0 Å². The van der Waals surface area contributed by atoms with Crippen molar-refractivity contribution in [1.29, 1.82) is 0 Å². The van der Waals surface area contributed by atoms with Crippen LogP contribution in [0.1, 0.15) is 17.4 Å². The number of rotatable bonds is 4. The summed E-state index contributed by atoms with van der Waals surface area (Å²) in [4.78, 5) is 2.31. The van der Waals surface area contributed by atoms with Crippen LogP contribution in [0, 0.1) is 6.92 Å². The van der Waals surface area contributed by atoms with Gasteiger partial charge in [-0.05, 0) is 48.2 Å². The number of benzene rings is 4. The molecule has 1 saturated heterocycles. The molecule has 3 nitrogen and oxygen atoms in total. The summed E-state index contributed by atoms with van der Waals surface area (Å²) in [6.07, 6.45) is -0.290. The van der Waals surface area contributed by atoms with E-state index in [1.54, 1.807) is 0 Å². The van der Waals surface area contributed by atoms with Crippen LogP contribution in [0.25, 0.3) is 10.8 Å². The molecule has 0 aromatic heterocycles. The first-order valence-corrected chi connectivity index (χ1v) is 9.97. The Hall–Kier alpha value is -3.14. The van der Waals surface area contributed by atoms with Crippen LogP contribution >= 0.6 is 0 Å². The van der Waals surface area contributed by atoms with Crippen molar-refractivity contribution in [2.24, 2.45) is 0 Å². The third-order valence-corrected chi connectivity index (χ3v) is 5.29. The molecule has 0 unspecified atom stereocenters. The van der Waals surface area contributed by atoms with E-state index in [2.05, 4.69) is 103 Å². The van der Waals surface area contributed by atoms with Gasteiger partial charge in [-0.2, -0.15) is 0 Å². The summed E-state index contributed by atoms with van der Waals surface area (Å²) in [5.74, 6) is 0. The Labute approximate surface area is 171 Å². The molecule has 0 radical (unpaired) electrons. The Morgan fingerprint density at radius 3 is 2.24 bits per heavy atom. The molecule has 0 spiro atoms. The molecule has 4 aromatic carbocycles. The second-order valence-electron chi connectivity index (χ2n) is 7.34. The van der Waals surface area contributed by atoms with E-state index in [-0.39, 0.29) is 6.29 Å². The van der Waals surface area contributed by atoms with E-state index < -0.39 is 0 Å². The fourth-order valence-electron chi connectivity index (χ4n) is 3.96. The standard InChI is InChI=1S/C26H23NO2/c1-19-7-4-11-22(17-19)27(25-14-6-9-20-8-2-3-13-24(20)25)23-12-5-10-21(18-23)26-28-15-16-29-26/h2-14,17-18,26H,15-16H2,1H3. The quantitative estimate of drug-likeness (QED) is 0.394. The summed E-state index contributed by atoms with van der Waals surface area (Å²) in [5.41, 5.74) is 5.64. The summed E-state index contributed by atoms with van der Waals surface area (Å²) in [5, 5.41) is 2.44. The van der Waals surface area contributed by atoms with E-state index in [1.807, 2.05) is 0 Å². The van der Waals surface area contributed by atoms with E-state index in [0.717, 1.165) is 22.6 Å². The number of nitrogens with zero attached hydrogens (tertiary/aromatic N) is 1. The van der Waals surface area contributed by atoms with E-state index in [4.69, 9.17) is 9.47 Å². The van der Waals surface area contributed by atoms with Gasteiger partial charge in [-0.15, -0.1) is 0 Å². The second-order valence-corrected chi connectivity index (χ2v) is 7.34. The highest BCUT2D eigenvalue weighted by Crippen LogP contribution is 2.40. The lowest BCUT2D eigenvalue weighted by Gasteiger charge is -2.28. The lowest BCUT2D eigenvalue weighted by Crippen LogP contribution is -2.11. The number of hydrogen-bond donors (Lipinski definition) is 0. The first-order valence-electron chi connectivity index (χ1n) is 9.97. The zero-order chi connectivity index (χ0) is 19.6. The minimum atomic E-state index is -0.290. The van der Waals surface area contributed by atoms with Crippen LogP contribution in [0.3, 0.4) is 0 Å². The molecule has 3 heteroatoms. The monoisotopic (exact) mass is 381 g/mol. The number of ether oxygens (including phenoxy) is 2. The van der Waals surface area contributed by atoms with Crippen molar-refractivity contribution < 1.29 is 9.47 Å². The van der Waals surface area contributed by atoms with Gasteiger partial charge in [-0.3, -0.25) is 0 Å². The smallest absolute Gasteiger partial charge is 0.184 e. The molecule has 5 rings (SSSR count). The fourth-order valence-corrected chi connectivity index (χ4v) is 3.96. The van der Waals surface area contributed by atoms with Crippen LogP contribution in [0.2, 0.25) is 0 Å². The van der Waals surface area contributed by atoms with Crippen LogP contribution in [0.5, 0.6) is 0 Å². The largest absolute Gasteiger partial charge is 0.346 e. The maximum Gasteiger partial charge on any atom is 0.184 e. The molecule has 0 N–H and O–H groups in total. The minimum Gasteiger partial charge on any atom is -0.346 e. The molecule has 1 aliphatic rings. The molecular formula is C26H23NO2. The summed E-state index contributed by atoms with van der Waals surface area (Å²) in [6.45, 7) is 3.40. The number of hydrogen-bond acceptors (Lipinski definition) is 3. The lowest BCUT2D eigenvalue weighted by atomic mass is 10.1. The molecule has 1 heterocycles. The number of aryl methyl sites for hydroxylation is 1. The molecule has 1 fully saturated rings. The van der Waals surface area contributed by atoms with Crippen molar-refractivity contribution in [2.45, 2.75) is 13.2 Å². The normalized spacial score (nSPS) is 14.4. The van der Waals surface area contributed by atoms with Crippen LogP contribution in [-0.2, 0) is 9.47 Å². The first-order chi connectivity index (χ1) is 14.3. The Morgan fingerprint density at radius 2 is 1.41 bits per heavy atom. The molecule has 0 saturated carbocycles. The molecule has 0 atom stereocenters. The summed E-state index contributed by atoms with van der Waals surface area (Å²) >= 11 is 0. The Bertz CT molecular complexity index is 1140. The zero-order valence-electron chi connectivity index (χ0n) is 16.4. The highest BCUT2D eigenvalue weighted by Gasteiger charge is 2.21. The van der Waals surface area contributed by atoms with E-state index in [9.17, 15) is 0 Å². The molecule has 29 heavy (non-hydrogen) atoms. The van der Waals surface area contributed by atoms with Gasteiger partial charge in [0.2, 0.25) is 0 Å². The Morgan fingerprint density at radius 1 is 0.724 bits per heavy atom. The number of anilines is 3. The van der Waals surface area contributed by atoms with E-state index in [0.29, 0.717) is 13.2 Å². The fraction of sp³-hybridized carbons (Fsp3) is 0.154. The minimum absolute atomic E-state index is 0.290. The molecule has 0 aliphatic carbocycles. The van der Waals surface area contributed by atoms with E-state index >= 15 is 0 Å². The Balaban J connectivity index is 1.70. The van der Waals surface area contributed by atoms with E-state index in [1.165, 1.54) is 16.3 Å². The van der Waals surface area contributed by atoms with Gasteiger partial charge in [0, 0.05) is 22.3 Å². The summed E-state index contributed by atoms with van der Waals surface area (Å²) in [7, 11) is 0. The van der Waals surface area contributed by atoms with Crippen LogP contribution in [-0.4, -0.2) is 13.2 Å². The van der Waals surface area contributed by atoms with Crippen molar-refractivity contribution in [3.8, 4) is 0 Å². The molecule has 4 aromatic rings. The molecule has 0 bridgehead atoms. The first kappa shape index (κ1) is 17.9. The topological polar surface area (TPSA) is 21.7 Å². The highest BCUT2D eigenvalue weighted by atomic mass is 16.7. The number of fused-ring (bicyclic) bond motifs is 1. The van der Waals surface area contributed by atoms with Crippen molar-refractivity contribution in [3.63, 3.8) is 0 Å². The highest BCUT2D eigenvalue weighted by molar-refractivity contribution is 5.98. The predicted molar refractivity (Wildman–Crippen MR) is 118 cm³/mol. The van der Waals surface area contributed by atoms with Crippen molar-refractivity contribution in [2.75, 3.05) is 18.1 Å².